The molecule has 1 N–H and O–H groups in total. The second-order valence-corrected chi connectivity index (χ2v) is 8.79. The fourth-order valence-corrected chi connectivity index (χ4v) is 4.02. The first-order valence-corrected chi connectivity index (χ1v) is 12.4. The van der Waals surface area contributed by atoms with Crippen LogP contribution >= 0.6 is 11.8 Å². The average Bonchev–Trinajstić information content (AvgIpc) is 3.32. The van der Waals surface area contributed by atoms with Crippen molar-refractivity contribution in [2.45, 2.75) is 25.4 Å². The Labute approximate surface area is 209 Å². The Hall–Kier alpha value is -3.91. The Morgan fingerprint density at radius 1 is 1.03 bits per heavy atom. The lowest BCUT2D eigenvalue weighted by atomic mass is 10.2. The molecule has 0 aliphatic heterocycles. The van der Waals surface area contributed by atoms with E-state index in [-0.39, 0.29) is 11.7 Å². The molecule has 0 saturated carbocycles. The number of rotatable bonds is 10. The van der Waals surface area contributed by atoms with Gasteiger partial charge in [0.1, 0.15) is 5.75 Å². The van der Waals surface area contributed by atoms with E-state index in [4.69, 9.17) is 4.74 Å². The third kappa shape index (κ3) is 6.58. The van der Waals surface area contributed by atoms with Crippen LogP contribution in [0.25, 0.3) is 17.1 Å². The number of aryl methyl sites for hydroxylation is 1. The molecular weight excluding hydrogens is 458 g/mol. The Balaban J connectivity index is 1.42. The molecule has 0 radical (unpaired) electrons. The third-order valence-corrected chi connectivity index (χ3v) is 5.97. The molecule has 8 heteroatoms. The van der Waals surface area contributed by atoms with Crippen molar-refractivity contribution in [3.63, 3.8) is 0 Å². The van der Waals surface area contributed by atoms with Crippen LogP contribution in [0.15, 0.2) is 89.1 Å². The van der Waals surface area contributed by atoms with Gasteiger partial charge >= 0.3 is 0 Å². The molecule has 7 nitrogen and oxygen atoms in total. The van der Waals surface area contributed by atoms with Crippen molar-refractivity contribution in [3.05, 3.63) is 90.0 Å². The molecule has 0 fully saturated rings. The van der Waals surface area contributed by atoms with Crippen molar-refractivity contribution < 1.29 is 9.53 Å². The largest absolute Gasteiger partial charge is 0.494 e. The summed E-state index contributed by atoms with van der Waals surface area (Å²) in [5.74, 6) is 1.47. The second kappa shape index (κ2) is 12.0. The van der Waals surface area contributed by atoms with Crippen LogP contribution in [0.5, 0.6) is 5.75 Å². The van der Waals surface area contributed by atoms with E-state index in [0.29, 0.717) is 11.8 Å². The van der Waals surface area contributed by atoms with Crippen molar-refractivity contribution in [2.24, 2.45) is 5.10 Å². The minimum Gasteiger partial charge on any atom is -0.494 e. The summed E-state index contributed by atoms with van der Waals surface area (Å²) in [5.41, 5.74) is 6.50. The minimum absolute atomic E-state index is 0.153. The standard InChI is InChI=1S/C27H27N5O2S/c1-3-17-34-24-15-11-21(12-16-24)18-28-29-25(33)19-35-27-31-30-26(22-7-5-4-6-8-22)32(27)23-13-9-20(2)10-14-23/h4-16,18H,3,17,19H2,1-2H3,(H,29,33)/b28-18+. The molecule has 0 unspecified atom stereocenters. The van der Waals surface area contributed by atoms with Crippen LogP contribution in [-0.4, -0.2) is 39.2 Å². The fraction of sp³-hybridized carbons (Fsp3) is 0.185. The van der Waals surface area contributed by atoms with E-state index in [1.165, 1.54) is 11.8 Å². The van der Waals surface area contributed by atoms with Crippen molar-refractivity contribution in [3.8, 4) is 22.8 Å². The Bertz CT molecular complexity index is 1270. The first kappa shape index (κ1) is 24.2. The minimum atomic E-state index is -0.228. The van der Waals surface area contributed by atoms with Gasteiger partial charge in [0, 0.05) is 11.3 Å². The molecule has 1 aromatic heterocycles. The maximum Gasteiger partial charge on any atom is 0.250 e. The third-order valence-electron chi connectivity index (χ3n) is 5.05. The molecule has 4 rings (SSSR count). The Kier molecular flexibility index (Phi) is 8.30. The molecule has 1 amide bonds. The lowest BCUT2D eigenvalue weighted by molar-refractivity contribution is -0.118. The van der Waals surface area contributed by atoms with Crippen molar-refractivity contribution in [1.29, 1.82) is 0 Å². The van der Waals surface area contributed by atoms with Gasteiger partial charge in [-0.25, -0.2) is 5.43 Å². The smallest absolute Gasteiger partial charge is 0.250 e. The van der Waals surface area contributed by atoms with Crippen LogP contribution in [0.4, 0.5) is 0 Å². The van der Waals surface area contributed by atoms with Gasteiger partial charge in [-0.05, 0) is 55.3 Å². The van der Waals surface area contributed by atoms with E-state index >= 15 is 0 Å². The quantitative estimate of drug-likeness (QED) is 0.188. The maximum atomic E-state index is 12.4. The summed E-state index contributed by atoms with van der Waals surface area (Å²) in [5, 5.41) is 13.5. The average molecular weight is 486 g/mol. The first-order chi connectivity index (χ1) is 17.1. The van der Waals surface area contributed by atoms with E-state index in [2.05, 4.69) is 27.6 Å². The summed E-state index contributed by atoms with van der Waals surface area (Å²) in [7, 11) is 0. The number of nitrogens with zero attached hydrogens (tertiary/aromatic N) is 4. The molecule has 0 aliphatic carbocycles. The van der Waals surface area contributed by atoms with Gasteiger partial charge in [0.2, 0.25) is 0 Å². The number of benzene rings is 3. The summed E-state index contributed by atoms with van der Waals surface area (Å²) in [4.78, 5) is 12.4. The van der Waals surface area contributed by atoms with E-state index < -0.39 is 0 Å². The zero-order valence-electron chi connectivity index (χ0n) is 19.7. The number of thioether (sulfide) groups is 1. The maximum absolute atomic E-state index is 12.4. The SMILES string of the molecule is CCCOc1ccc(/C=N/NC(=O)CSc2nnc(-c3ccccc3)n2-c2ccc(C)cc2)cc1. The molecule has 3 aromatic carbocycles. The fourth-order valence-electron chi connectivity index (χ4n) is 3.28. The normalized spacial score (nSPS) is 11.0. The summed E-state index contributed by atoms with van der Waals surface area (Å²) < 4.78 is 7.54. The molecule has 35 heavy (non-hydrogen) atoms. The van der Waals surface area contributed by atoms with Crippen LogP contribution in [0.1, 0.15) is 24.5 Å². The van der Waals surface area contributed by atoms with E-state index in [0.717, 1.165) is 40.4 Å². The molecule has 0 atom stereocenters. The van der Waals surface area contributed by atoms with Crippen LogP contribution in [0.2, 0.25) is 0 Å². The van der Waals surface area contributed by atoms with Crippen LogP contribution < -0.4 is 10.2 Å². The topological polar surface area (TPSA) is 81.4 Å². The van der Waals surface area contributed by atoms with Crippen molar-refractivity contribution in [2.75, 3.05) is 12.4 Å². The molecule has 0 spiro atoms. The van der Waals surface area contributed by atoms with Gasteiger partial charge in [0.15, 0.2) is 11.0 Å². The lowest BCUT2D eigenvalue weighted by Crippen LogP contribution is -2.20. The molecule has 0 bridgehead atoms. The lowest BCUT2D eigenvalue weighted by Gasteiger charge is -2.10. The summed E-state index contributed by atoms with van der Waals surface area (Å²) in [6.07, 6.45) is 2.57. The number of aromatic nitrogens is 3. The van der Waals surface area contributed by atoms with Gasteiger partial charge in [-0.15, -0.1) is 10.2 Å². The highest BCUT2D eigenvalue weighted by atomic mass is 32.2. The molecule has 0 saturated heterocycles. The number of hydrazone groups is 1. The number of carbonyl (C=O) groups is 1. The second-order valence-electron chi connectivity index (χ2n) is 7.84. The van der Waals surface area contributed by atoms with Gasteiger partial charge in [-0.3, -0.25) is 9.36 Å². The van der Waals surface area contributed by atoms with Gasteiger partial charge in [0.25, 0.3) is 5.91 Å². The molecule has 4 aromatic rings. The Morgan fingerprint density at radius 3 is 2.49 bits per heavy atom. The number of hydrogen-bond acceptors (Lipinski definition) is 6. The molecule has 178 valence electrons. The molecule has 1 heterocycles. The summed E-state index contributed by atoms with van der Waals surface area (Å²) >= 11 is 1.31. The number of amides is 1. The van der Waals surface area contributed by atoms with Gasteiger partial charge in [-0.1, -0.05) is 66.7 Å². The highest BCUT2D eigenvalue weighted by molar-refractivity contribution is 7.99. The Morgan fingerprint density at radius 2 is 1.77 bits per heavy atom. The predicted octanol–water partition coefficient (Wildman–Crippen LogP) is 5.27. The zero-order valence-corrected chi connectivity index (χ0v) is 20.5. The zero-order chi connectivity index (χ0) is 24.5. The number of nitrogens with one attached hydrogen (secondary N) is 1. The van der Waals surface area contributed by atoms with E-state index in [9.17, 15) is 4.79 Å². The van der Waals surface area contributed by atoms with Crippen molar-refractivity contribution >= 4 is 23.9 Å². The van der Waals surface area contributed by atoms with Crippen LogP contribution in [0.3, 0.4) is 0 Å². The number of carbonyl (C=O) groups excluding carboxylic acids is 1. The predicted molar refractivity (Wildman–Crippen MR) is 140 cm³/mol. The summed E-state index contributed by atoms with van der Waals surface area (Å²) in [6.45, 7) is 4.80. The van der Waals surface area contributed by atoms with E-state index in [1.807, 2.05) is 90.4 Å². The van der Waals surface area contributed by atoms with Crippen LogP contribution in [-0.2, 0) is 4.79 Å². The number of ether oxygens (including phenoxy) is 1. The van der Waals surface area contributed by atoms with Crippen LogP contribution in [0, 0.1) is 6.92 Å². The van der Waals surface area contributed by atoms with E-state index in [1.54, 1.807) is 6.21 Å². The molecular formula is C27H27N5O2S. The van der Waals surface area contributed by atoms with Gasteiger partial charge in [0.05, 0.1) is 18.6 Å². The highest BCUT2D eigenvalue weighted by Gasteiger charge is 2.17. The summed E-state index contributed by atoms with van der Waals surface area (Å²) in [6, 6.07) is 25.6. The number of hydrogen-bond donors (Lipinski definition) is 1. The molecule has 0 aliphatic rings. The highest BCUT2D eigenvalue weighted by Crippen LogP contribution is 2.28. The first-order valence-electron chi connectivity index (χ1n) is 11.4. The van der Waals surface area contributed by atoms with Gasteiger partial charge < -0.3 is 4.74 Å². The van der Waals surface area contributed by atoms with Crippen molar-refractivity contribution in [1.82, 2.24) is 20.2 Å². The monoisotopic (exact) mass is 485 g/mol. The van der Waals surface area contributed by atoms with Gasteiger partial charge in [-0.2, -0.15) is 5.10 Å².